The summed E-state index contributed by atoms with van der Waals surface area (Å²) >= 11 is 0. The molecule has 1 atom stereocenters. The predicted octanol–water partition coefficient (Wildman–Crippen LogP) is 2.07. The van der Waals surface area contributed by atoms with Crippen LogP contribution < -0.4 is 15.4 Å². The molecule has 0 amide bonds. The summed E-state index contributed by atoms with van der Waals surface area (Å²) in [5.41, 5.74) is 6.48. The van der Waals surface area contributed by atoms with Crippen LogP contribution in [-0.2, 0) is 4.74 Å². The summed E-state index contributed by atoms with van der Waals surface area (Å²) in [7, 11) is 1.76. The first kappa shape index (κ1) is 13.9. The van der Waals surface area contributed by atoms with Gasteiger partial charge in [-0.1, -0.05) is 6.92 Å². The van der Waals surface area contributed by atoms with Crippen molar-refractivity contribution in [2.24, 2.45) is 0 Å². The third kappa shape index (κ3) is 3.50. The number of nitrogens with two attached hydrogens (primary N) is 1. The van der Waals surface area contributed by atoms with Crippen LogP contribution in [0.15, 0.2) is 12.1 Å². The Morgan fingerprint density at radius 3 is 3.05 bits per heavy atom. The molecule has 19 heavy (non-hydrogen) atoms. The van der Waals surface area contributed by atoms with Gasteiger partial charge in [0, 0.05) is 20.2 Å². The van der Waals surface area contributed by atoms with Gasteiger partial charge >= 0.3 is 0 Å². The molecule has 5 nitrogen and oxygen atoms in total. The average molecular weight is 265 g/mol. The second-order valence-corrected chi connectivity index (χ2v) is 4.86. The monoisotopic (exact) mass is 265 g/mol. The summed E-state index contributed by atoms with van der Waals surface area (Å²) in [6, 6.07) is 3.82. The van der Waals surface area contributed by atoms with Crippen LogP contribution in [0, 0.1) is 0 Å². The fraction of sp³-hybridized carbons (Fsp3) is 0.643. The number of anilines is 2. The van der Waals surface area contributed by atoms with Crippen molar-refractivity contribution < 1.29 is 9.47 Å². The minimum atomic E-state index is 0.285. The molecule has 106 valence electrons. The number of hydrogen-bond donors (Lipinski definition) is 1. The molecule has 0 bridgehead atoms. The quantitative estimate of drug-likeness (QED) is 0.883. The Balaban J connectivity index is 2.10. The van der Waals surface area contributed by atoms with Crippen LogP contribution in [-0.4, -0.2) is 37.9 Å². The number of nitrogen functional groups attached to an aromatic ring is 1. The number of pyridine rings is 1. The van der Waals surface area contributed by atoms with Crippen LogP contribution in [0.25, 0.3) is 0 Å². The minimum Gasteiger partial charge on any atom is -0.476 e. The maximum atomic E-state index is 5.88. The van der Waals surface area contributed by atoms with Gasteiger partial charge in [-0.3, -0.25) is 0 Å². The third-order valence-electron chi connectivity index (χ3n) is 3.35. The molecule has 1 aliphatic heterocycles. The maximum Gasteiger partial charge on any atom is 0.239 e. The number of methoxy groups -OCH3 is 1. The van der Waals surface area contributed by atoms with Crippen LogP contribution in [0.5, 0.6) is 5.88 Å². The van der Waals surface area contributed by atoms with Gasteiger partial charge < -0.3 is 20.1 Å². The topological polar surface area (TPSA) is 60.6 Å². The Bertz CT molecular complexity index is 412. The van der Waals surface area contributed by atoms with Gasteiger partial charge in [-0.15, -0.1) is 0 Å². The zero-order valence-electron chi connectivity index (χ0n) is 11.8. The number of nitrogens with zero attached hydrogens (tertiary/aromatic N) is 2. The number of ether oxygens (including phenoxy) is 2. The molecule has 0 radical (unpaired) electrons. The number of piperidine rings is 1. The van der Waals surface area contributed by atoms with Gasteiger partial charge in [0.25, 0.3) is 0 Å². The molecule has 1 aromatic rings. The first-order valence-electron chi connectivity index (χ1n) is 6.91. The van der Waals surface area contributed by atoms with E-state index in [4.69, 9.17) is 15.2 Å². The first-order chi connectivity index (χ1) is 9.24. The number of rotatable bonds is 5. The van der Waals surface area contributed by atoms with Gasteiger partial charge in [-0.25, -0.2) is 0 Å². The summed E-state index contributed by atoms with van der Waals surface area (Å²) in [4.78, 5) is 6.76. The normalized spacial score (nSPS) is 19.5. The van der Waals surface area contributed by atoms with Crippen molar-refractivity contribution in [2.75, 3.05) is 37.4 Å². The van der Waals surface area contributed by atoms with Gasteiger partial charge in [0.1, 0.15) is 5.82 Å². The van der Waals surface area contributed by atoms with Crippen LogP contribution in [0.2, 0.25) is 0 Å². The van der Waals surface area contributed by atoms with Crippen molar-refractivity contribution in [2.45, 2.75) is 32.3 Å². The van der Waals surface area contributed by atoms with E-state index in [-0.39, 0.29) is 6.10 Å². The van der Waals surface area contributed by atoms with Gasteiger partial charge in [0.15, 0.2) is 0 Å². The molecule has 1 aromatic heterocycles. The van der Waals surface area contributed by atoms with Crippen LogP contribution in [0.1, 0.15) is 26.2 Å². The second-order valence-electron chi connectivity index (χ2n) is 4.86. The zero-order chi connectivity index (χ0) is 13.7. The van der Waals surface area contributed by atoms with E-state index < -0.39 is 0 Å². The Morgan fingerprint density at radius 2 is 2.32 bits per heavy atom. The molecule has 1 unspecified atom stereocenters. The van der Waals surface area contributed by atoms with E-state index in [1.165, 1.54) is 0 Å². The molecule has 1 saturated heterocycles. The first-order valence-corrected chi connectivity index (χ1v) is 6.91. The van der Waals surface area contributed by atoms with Crippen molar-refractivity contribution >= 4 is 11.5 Å². The average Bonchev–Trinajstić information content (AvgIpc) is 2.46. The summed E-state index contributed by atoms with van der Waals surface area (Å²) in [6.07, 6.45) is 3.46. The Hall–Kier alpha value is -1.49. The van der Waals surface area contributed by atoms with Crippen molar-refractivity contribution in [1.29, 1.82) is 0 Å². The second kappa shape index (κ2) is 6.61. The molecule has 0 aromatic carbocycles. The van der Waals surface area contributed by atoms with E-state index >= 15 is 0 Å². The fourth-order valence-electron chi connectivity index (χ4n) is 2.27. The molecule has 0 saturated carbocycles. The maximum absolute atomic E-state index is 5.88. The number of aromatic nitrogens is 1. The highest BCUT2D eigenvalue weighted by molar-refractivity contribution is 5.54. The van der Waals surface area contributed by atoms with E-state index in [9.17, 15) is 0 Å². The van der Waals surface area contributed by atoms with Crippen LogP contribution >= 0.6 is 0 Å². The molecular weight excluding hydrogens is 242 g/mol. The lowest BCUT2D eigenvalue weighted by molar-refractivity contribution is 0.0891. The third-order valence-corrected chi connectivity index (χ3v) is 3.35. The Kier molecular flexibility index (Phi) is 4.85. The predicted molar refractivity (Wildman–Crippen MR) is 76.7 cm³/mol. The lowest BCUT2D eigenvalue weighted by Gasteiger charge is -2.32. The van der Waals surface area contributed by atoms with Crippen molar-refractivity contribution in [1.82, 2.24) is 4.98 Å². The molecular formula is C14H23N3O2. The van der Waals surface area contributed by atoms with E-state index in [0.29, 0.717) is 18.2 Å². The Labute approximate surface area is 114 Å². The molecule has 5 heteroatoms. The molecule has 1 fully saturated rings. The van der Waals surface area contributed by atoms with Gasteiger partial charge in [0.05, 0.1) is 18.4 Å². The summed E-state index contributed by atoms with van der Waals surface area (Å²) < 4.78 is 11.0. The zero-order valence-corrected chi connectivity index (χ0v) is 11.8. The van der Waals surface area contributed by atoms with E-state index in [0.717, 1.165) is 38.2 Å². The van der Waals surface area contributed by atoms with Crippen molar-refractivity contribution in [3.8, 4) is 5.88 Å². The van der Waals surface area contributed by atoms with Gasteiger partial charge in [0.2, 0.25) is 5.88 Å². The van der Waals surface area contributed by atoms with Gasteiger partial charge in [-0.05, 0) is 31.4 Å². The SMILES string of the molecule is CCCOc1nc(N2CCCC(OC)C2)ccc1N. The van der Waals surface area contributed by atoms with Crippen LogP contribution in [0.3, 0.4) is 0 Å². The standard InChI is InChI=1S/C14H23N3O2/c1-3-9-19-14-12(15)6-7-13(16-14)17-8-4-5-11(10-17)18-2/h6-7,11H,3-5,8-10,15H2,1-2H3. The lowest BCUT2D eigenvalue weighted by atomic mass is 10.1. The number of hydrogen-bond acceptors (Lipinski definition) is 5. The van der Waals surface area contributed by atoms with Crippen LogP contribution in [0.4, 0.5) is 11.5 Å². The van der Waals surface area contributed by atoms with E-state index in [2.05, 4.69) is 16.8 Å². The summed E-state index contributed by atoms with van der Waals surface area (Å²) in [5, 5.41) is 0. The smallest absolute Gasteiger partial charge is 0.239 e. The molecule has 2 rings (SSSR count). The minimum absolute atomic E-state index is 0.285. The largest absolute Gasteiger partial charge is 0.476 e. The molecule has 0 spiro atoms. The van der Waals surface area contributed by atoms with Crippen molar-refractivity contribution in [3.05, 3.63) is 12.1 Å². The van der Waals surface area contributed by atoms with Crippen molar-refractivity contribution in [3.63, 3.8) is 0 Å². The highest BCUT2D eigenvalue weighted by atomic mass is 16.5. The Morgan fingerprint density at radius 1 is 1.47 bits per heavy atom. The van der Waals surface area contributed by atoms with Gasteiger partial charge in [-0.2, -0.15) is 4.98 Å². The highest BCUT2D eigenvalue weighted by Crippen LogP contribution is 2.25. The summed E-state index contributed by atoms with van der Waals surface area (Å²) in [6.45, 7) is 4.58. The van der Waals surface area contributed by atoms with E-state index in [1.807, 2.05) is 12.1 Å². The molecule has 2 N–H and O–H groups in total. The summed E-state index contributed by atoms with van der Waals surface area (Å²) in [5.74, 6) is 1.46. The molecule has 1 aliphatic rings. The fourth-order valence-corrected chi connectivity index (χ4v) is 2.27. The molecule has 2 heterocycles. The molecule has 0 aliphatic carbocycles. The lowest BCUT2D eigenvalue weighted by Crippen LogP contribution is -2.39. The van der Waals surface area contributed by atoms with E-state index in [1.54, 1.807) is 7.11 Å². The highest BCUT2D eigenvalue weighted by Gasteiger charge is 2.21.